The molecule has 2 heterocycles. The molecule has 0 radical (unpaired) electrons. The Morgan fingerprint density at radius 1 is 1.50 bits per heavy atom. The molecule has 4 heteroatoms. The zero-order chi connectivity index (χ0) is 11.7. The van der Waals surface area contributed by atoms with E-state index in [-0.39, 0.29) is 5.56 Å². The number of pyridine rings is 1. The molecule has 0 aromatic carbocycles. The zero-order valence-electron chi connectivity index (χ0n) is 9.79. The summed E-state index contributed by atoms with van der Waals surface area (Å²) in [6, 6.07) is 2.06. The zero-order valence-corrected chi connectivity index (χ0v) is 11.4. The molecule has 16 heavy (non-hydrogen) atoms. The maximum Gasteiger partial charge on any atom is 0.254 e. The Kier molecular flexibility index (Phi) is 3.50. The van der Waals surface area contributed by atoms with Crippen LogP contribution in [0.15, 0.2) is 10.9 Å². The first kappa shape index (κ1) is 11.9. The van der Waals surface area contributed by atoms with Gasteiger partial charge in [-0.1, -0.05) is 15.9 Å². The van der Waals surface area contributed by atoms with E-state index in [1.807, 2.05) is 11.5 Å². The van der Waals surface area contributed by atoms with E-state index in [4.69, 9.17) is 0 Å². The number of rotatable bonds is 2. The lowest BCUT2D eigenvalue weighted by atomic mass is 10.0. The Labute approximate surface area is 104 Å². The van der Waals surface area contributed by atoms with E-state index in [2.05, 4.69) is 33.9 Å². The van der Waals surface area contributed by atoms with Gasteiger partial charge in [-0.3, -0.25) is 4.79 Å². The lowest BCUT2D eigenvalue weighted by Crippen LogP contribution is -2.34. The smallest absolute Gasteiger partial charge is 0.254 e. The van der Waals surface area contributed by atoms with E-state index >= 15 is 0 Å². The molecule has 0 saturated heterocycles. The van der Waals surface area contributed by atoms with Gasteiger partial charge in [-0.15, -0.1) is 0 Å². The van der Waals surface area contributed by atoms with Gasteiger partial charge in [0, 0.05) is 42.6 Å². The second kappa shape index (κ2) is 4.72. The number of hydrogen-bond donors (Lipinski definition) is 0. The Hall–Kier alpha value is -0.610. The van der Waals surface area contributed by atoms with Crippen LogP contribution in [0.4, 0.5) is 0 Å². The van der Waals surface area contributed by atoms with Crippen molar-refractivity contribution in [3.05, 3.63) is 33.2 Å². The fraction of sp³-hybridized carbons (Fsp3) is 0.583. The lowest BCUT2D eigenvalue weighted by molar-refractivity contribution is 0.304. The summed E-state index contributed by atoms with van der Waals surface area (Å²) in [5.41, 5.74) is 3.58. The third-order valence-corrected chi connectivity index (χ3v) is 3.80. The second-order valence-corrected chi connectivity index (χ2v) is 4.87. The maximum atomic E-state index is 12.1. The number of fused-ring (bicyclic) bond motifs is 1. The van der Waals surface area contributed by atoms with Crippen molar-refractivity contribution >= 4 is 15.9 Å². The van der Waals surface area contributed by atoms with Gasteiger partial charge in [0.05, 0.1) is 0 Å². The predicted octanol–water partition coefficient (Wildman–Crippen LogP) is 1.75. The normalized spacial score (nSPS) is 16.2. The highest BCUT2D eigenvalue weighted by atomic mass is 79.9. The molecule has 0 bridgehead atoms. The number of likely N-dealkylation sites (N-methyl/N-ethyl adjacent to an activating group) is 1. The van der Waals surface area contributed by atoms with E-state index in [0.29, 0.717) is 5.33 Å². The monoisotopic (exact) mass is 284 g/mol. The van der Waals surface area contributed by atoms with Crippen molar-refractivity contribution in [2.75, 3.05) is 13.6 Å². The van der Waals surface area contributed by atoms with Crippen molar-refractivity contribution in [1.82, 2.24) is 9.47 Å². The van der Waals surface area contributed by atoms with E-state index in [1.54, 1.807) is 0 Å². The van der Waals surface area contributed by atoms with Gasteiger partial charge in [0.1, 0.15) is 0 Å². The van der Waals surface area contributed by atoms with Crippen LogP contribution in [0.2, 0.25) is 0 Å². The topological polar surface area (TPSA) is 25.2 Å². The first-order chi connectivity index (χ1) is 7.67. The van der Waals surface area contributed by atoms with Gasteiger partial charge in [0.25, 0.3) is 5.56 Å². The number of nitrogens with zero attached hydrogens (tertiary/aromatic N) is 2. The van der Waals surface area contributed by atoms with Crippen molar-refractivity contribution in [2.24, 2.45) is 0 Å². The van der Waals surface area contributed by atoms with Crippen LogP contribution in [0.5, 0.6) is 0 Å². The minimum absolute atomic E-state index is 0.169. The van der Waals surface area contributed by atoms with Crippen molar-refractivity contribution < 1.29 is 0 Å². The van der Waals surface area contributed by atoms with Crippen LogP contribution in [-0.4, -0.2) is 23.1 Å². The van der Waals surface area contributed by atoms with Gasteiger partial charge in [-0.05, 0) is 25.6 Å². The summed E-state index contributed by atoms with van der Waals surface area (Å²) < 4.78 is 1.93. The summed E-state index contributed by atoms with van der Waals surface area (Å²) in [6.45, 7) is 4.81. The third kappa shape index (κ3) is 1.96. The standard InChI is InChI=1S/C12H17BrN2O/c1-3-15-11-4-5-14(2)8-10(11)6-9(7-13)12(15)16/h6H,3-5,7-8H2,1-2H3. The molecular formula is C12H17BrN2O. The van der Waals surface area contributed by atoms with E-state index in [0.717, 1.165) is 31.6 Å². The van der Waals surface area contributed by atoms with Gasteiger partial charge in [-0.25, -0.2) is 0 Å². The molecule has 0 N–H and O–H groups in total. The minimum atomic E-state index is 0.169. The molecule has 1 aliphatic rings. The minimum Gasteiger partial charge on any atom is -0.312 e. The maximum absolute atomic E-state index is 12.1. The van der Waals surface area contributed by atoms with Crippen molar-refractivity contribution in [1.29, 1.82) is 0 Å². The van der Waals surface area contributed by atoms with Gasteiger partial charge in [-0.2, -0.15) is 0 Å². The Morgan fingerprint density at radius 3 is 2.88 bits per heavy atom. The molecular weight excluding hydrogens is 268 g/mol. The summed E-state index contributed by atoms with van der Waals surface area (Å²) in [5.74, 6) is 0. The Balaban J connectivity index is 2.60. The molecule has 0 aliphatic carbocycles. The Morgan fingerprint density at radius 2 is 2.25 bits per heavy atom. The highest BCUT2D eigenvalue weighted by Crippen LogP contribution is 2.18. The van der Waals surface area contributed by atoms with Gasteiger partial charge in [0.15, 0.2) is 0 Å². The van der Waals surface area contributed by atoms with Crippen LogP contribution < -0.4 is 5.56 Å². The first-order valence-corrected chi connectivity index (χ1v) is 6.78. The molecule has 1 aromatic rings. The molecule has 0 fully saturated rings. The average Bonchev–Trinajstić information content (AvgIpc) is 2.28. The fourth-order valence-electron chi connectivity index (χ4n) is 2.35. The van der Waals surface area contributed by atoms with Crippen molar-refractivity contribution in [3.63, 3.8) is 0 Å². The van der Waals surface area contributed by atoms with Gasteiger partial charge >= 0.3 is 0 Å². The number of hydrogen-bond acceptors (Lipinski definition) is 2. The van der Waals surface area contributed by atoms with E-state index < -0.39 is 0 Å². The molecule has 0 amide bonds. The highest BCUT2D eigenvalue weighted by Gasteiger charge is 2.18. The molecule has 88 valence electrons. The van der Waals surface area contributed by atoms with Crippen LogP contribution in [0.3, 0.4) is 0 Å². The van der Waals surface area contributed by atoms with Crippen molar-refractivity contribution in [3.8, 4) is 0 Å². The summed E-state index contributed by atoms with van der Waals surface area (Å²) in [4.78, 5) is 14.4. The number of alkyl halides is 1. The summed E-state index contributed by atoms with van der Waals surface area (Å²) in [6.07, 6.45) is 0.984. The van der Waals surface area contributed by atoms with Crippen LogP contribution in [0.25, 0.3) is 0 Å². The lowest BCUT2D eigenvalue weighted by Gasteiger charge is -2.27. The second-order valence-electron chi connectivity index (χ2n) is 4.31. The average molecular weight is 285 g/mol. The van der Waals surface area contributed by atoms with Crippen molar-refractivity contribution in [2.45, 2.75) is 31.8 Å². The molecule has 1 aromatic heterocycles. The van der Waals surface area contributed by atoms with E-state index in [9.17, 15) is 4.79 Å². The fourth-order valence-corrected chi connectivity index (χ4v) is 2.76. The van der Waals surface area contributed by atoms with Crippen LogP contribution >= 0.6 is 15.9 Å². The highest BCUT2D eigenvalue weighted by molar-refractivity contribution is 9.08. The first-order valence-electron chi connectivity index (χ1n) is 5.66. The van der Waals surface area contributed by atoms with Gasteiger partial charge < -0.3 is 9.47 Å². The third-order valence-electron chi connectivity index (χ3n) is 3.20. The SMILES string of the molecule is CCn1c2c(cc(CBr)c1=O)CN(C)CC2. The largest absolute Gasteiger partial charge is 0.312 e. The predicted molar refractivity (Wildman–Crippen MR) is 69.0 cm³/mol. The summed E-state index contributed by atoms with van der Waals surface area (Å²) >= 11 is 3.39. The van der Waals surface area contributed by atoms with Gasteiger partial charge in [0.2, 0.25) is 0 Å². The molecule has 0 saturated carbocycles. The molecule has 0 spiro atoms. The van der Waals surface area contributed by atoms with Crippen LogP contribution in [0.1, 0.15) is 23.7 Å². The molecule has 1 aliphatic heterocycles. The number of aromatic nitrogens is 1. The summed E-state index contributed by atoms with van der Waals surface area (Å²) in [7, 11) is 2.12. The molecule has 0 atom stereocenters. The molecule has 3 nitrogen and oxygen atoms in total. The van der Waals surface area contributed by atoms with Crippen LogP contribution in [-0.2, 0) is 24.8 Å². The van der Waals surface area contributed by atoms with E-state index in [1.165, 1.54) is 11.3 Å². The summed E-state index contributed by atoms with van der Waals surface area (Å²) in [5, 5.41) is 0.642. The quantitative estimate of drug-likeness (QED) is 0.774. The number of halogens is 1. The molecule has 0 unspecified atom stereocenters. The van der Waals surface area contributed by atoms with Crippen LogP contribution in [0, 0.1) is 0 Å². The molecule has 2 rings (SSSR count). The Bertz CT molecular complexity index is 453.